The number of thiazole rings is 2. The average Bonchev–Trinajstić information content (AvgIpc) is 3.23. The minimum absolute atomic E-state index is 0.267. The number of hydrogen-bond donors (Lipinski definition) is 1. The molecule has 0 aliphatic carbocycles. The molecule has 6 nitrogen and oxygen atoms in total. The van der Waals surface area contributed by atoms with E-state index in [9.17, 15) is 9.00 Å². The monoisotopic (exact) mass is 430 g/mol. The van der Waals surface area contributed by atoms with Gasteiger partial charge in [0, 0.05) is 10.5 Å². The van der Waals surface area contributed by atoms with Crippen LogP contribution in [0.5, 0.6) is 0 Å². The van der Waals surface area contributed by atoms with Crippen molar-refractivity contribution in [1.29, 1.82) is 0 Å². The summed E-state index contributed by atoms with van der Waals surface area (Å²) in [5.41, 5.74) is 2.21. The third-order valence-electron chi connectivity index (χ3n) is 4.32. The first kappa shape index (κ1) is 19.0. The predicted octanol–water partition coefficient (Wildman–Crippen LogP) is 4.02. The molecular formula is C19H18N4O2S3. The Kier molecular flexibility index (Phi) is 4.70. The third-order valence-corrected chi connectivity index (χ3v) is 8.43. The van der Waals surface area contributed by atoms with Gasteiger partial charge in [0.25, 0.3) is 5.91 Å². The van der Waals surface area contributed by atoms with E-state index in [2.05, 4.69) is 21.2 Å². The van der Waals surface area contributed by atoms with Crippen molar-refractivity contribution in [2.24, 2.45) is 0 Å². The highest BCUT2D eigenvalue weighted by molar-refractivity contribution is 7.98. The molecule has 9 heteroatoms. The van der Waals surface area contributed by atoms with E-state index in [1.165, 1.54) is 11.3 Å². The summed E-state index contributed by atoms with van der Waals surface area (Å²) in [7, 11) is 0.895. The Morgan fingerprint density at radius 2 is 1.82 bits per heavy atom. The lowest BCUT2D eigenvalue weighted by Gasteiger charge is -2.16. The number of nitrogens with one attached hydrogen (secondary N) is 1. The van der Waals surface area contributed by atoms with Gasteiger partial charge in [0.1, 0.15) is 5.52 Å². The molecular weight excluding hydrogens is 412 g/mol. The number of fused-ring (bicyclic) bond motifs is 3. The normalized spacial score (nSPS) is 13.9. The minimum Gasteiger partial charge on any atom is -0.298 e. The zero-order valence-electron chi connectivity index (χ0n) is 15.6. The van der Waals surface area contributed by atoms with E-state index in [0.29, 0.717) is 15.6 Å². The molecule has 2 aromatic heterocycles. The molecule has 0 saturated carbocycles. The molecule has 0 aliphatic rings. The van der Waals surface area contributed by atoms with Gasteiger partial charge in [-0.15, -0.1) is 11.3 Å². The van der Waals surface area contributed by atoms with Crippen LogP contribution in [0.4, 0.5) is 5.13 Å². The minimum atomic E-state index is -2.53. The molecule has 144 valence electrons. The van der Waals surface area contributed by atoms with E-state index in [-0.39, 0.29) is 5.91 Å². The Hall–Kier alpha value is -2.33. The number of amides is 1. The number of carbonyl (C=O) groups is 1. The van der Waals surface area contributed by atoms with Crippen LogP contribution in [0.2, 0.25) is 0 Å². The third kappa shape index (κ3) is 3.30. The van der Waals surface area contributed by atoms with Gasteiger partial charge in [0.05, 0.1) is 29.6 Å². The van der Waals surface area contributed by atoms with E-state index < -0.39 is 9.71 Å². The molecule has 1 N–H and O–H groups in total. The van der Waals surface area contributed by atoms with Crippen LogP contribution < -0.4 is 5.32 Å². The van der Waals surface area contributed by atoms with E-state index in [0.717, 1.165) is 25.4 Å². The molecule has 2 aromatic carbocycles. The van der Waals surface area contributed by atoms with Gasteiger partial charge in [-0.3, -0.25) is 10.1 Å². The zero-order valence-corrected chi connectivity index (χ0v) is 18.0. The number of benzene rings is 2. The van der Waals surface area contributed by atoms with Gasteiger partial charge in [-0.25, -0.2) is 18.5 Å². The molecule has 1 unspecified atom stereocenters. The number of aromatic nitrogens is 2. The van der Waals surface area contributed by atoms with Crippen LogP contribution in [0.25, 0.3) is 20.4 Å². The van der Waals surface area contributed by atoms with Gasteiger partial charge in [-0.05, 0) is 63.3 Å². The first-order valence-corrected chi connectivity index (χ1v) is 11.7. The maximum Gasteiger partial charge on any atom is 0.257 e. The first-order chi connectivity index (χ1) is 13.3. The topological polar surface area (TPSA) is 75.2 Å². The van der Waals surface area contributed by atoms with E-state index >= 15 is 0 Å². The number of nitrogens with zero attached hydrogens (tertiary/aromatic N) is 3. The summed E-state index contributed by atoms with van der Waals surface area (Å²) in [6.07, 6.45) is 0. The SMILES string of the molecule is C=S(=O)(c1ccc(C(=O)Nc2nc3ccc4sc(C)nc4c3s2)cc1)N(C)C. The fraction of sp³-hybridized carbons (Fsp3) is 0.158. The van der Waals surface area contributed by atoms with Crippen molar-refractivity contribution >= 4 is 69.7 Å². The Morgan fingerprint density at radius 3 is 2.50 bits per heavy atom. The first-order valence-electron chi connectivity index (χ1n) is 8.38. The smallest absolute Gasteiger partial charge is 0.257 e. The Balaban J connectivity index is 1.60. The Labute approximate surface area is 171 Å². The lowest BCUT2D eigenvalue weighted by Crippen LogP contribution is -2.22. The molecule has 0 aliphatic heterocycles. The maximum atomic E-state index is 12.6. The molecule has 0 saturated heterocycles. The zero-order chi connectivity index (χ0) is 20.1. The fourth-order valence-corrected chi connectivity index (χ4v) is 5.58. The molecule has 1 atom stereocenters. The molecule has 0 bridgehead atoms. The summed E-state index contributed by atoms with van der Waals surface area (Å²) in [5.74, 6) is 3.51. The van der Waals surface area contributed by atoms with Crippen molar-refractivity contribution in [3.63, 3.8) is 0 Å². The summed E-state index contributed by atoms with van der Waals surface area (Å²) < 4.78 is 16.2. The highest BCUT2D eigenvalue weighted by Gasteiger charge is 2.15. The summed E-state index contributed by atoms with van der Waals surface area (Å²) in [6.45, 7) is 1.98. The maximum absolute atomic E-state index is 12.6. The van der Waals surface area contributed by atoms with Gasteiger partial charge in [-0.2, -0.15) is 0 Å². The largest absolute Gasteiger partial charge is 0.298 e. The average molecular weight is 431 g/mol. The predicted molar refractivity (Wildman–Crippen MR) is 119 cm³/mol. The Morgan fingerprint density at radius 1 is 1.11 bits per heavy atom. The highest BCUT2D eigenvalue weighted by Crippen LogP contribution is 2.34. The molecule has 4 aromatic rings. The van der Waals surface area contributed by atoms with Crippen molar-refractivity contribution in [2.45, 2.75) is 11.8 Å². The van der Waals surface area contributed by atoms with Crippen molar-refractivity contribution in [2.75, 3.05) is 19.4 Å². The molecule has 0 fully saturated rings. The van der Waals surface area contributed by atoms with Crippen LogP contribution in [0.1, 0.15) is 15.4 Å². The molecule has 4 rings (SSSR count). The quantitative estimate of drug-likeness (QED) is 0.496. The second-order valence-corrected chi connectivity index (χ2v) is 11.2. The van der Waals surface area contributed by atoms with Gasteiger partial charge < -0.3 is 0 Å². The summed E-state index contributed by atoms with van der Waals surface area (Å²) in [5, 5.41) is 4.37. The number of rotatable bonds is 4. The molecule has 2 heterocycles. The lowest BCUT2D eigenvalue weighted by atomic mass is 10.2. The fourth-order valence-electron chi connectivity index (χ4n) is 2.74. The number of hydrogen-bond acceptors (Lipinski definition) is 6. The van der Waals surface area contributed by atoms with E-state index in [4.69, 9.17) is 0 Å². The van der Waals surface area contributed by atoms with Gasteiger partial charge >= 0.3 is 0 Å². The molecule has 1 amide bonds. The van der Waals surface area contributed by atoms with Crippen LogP contribution in [-0.2, 0) is 9.71 Å². The van der Waals surface area contributed by atoms with Crippen LogP contribution >= 0.6 is 22.7 Å². The van der Waals surface area contributed by atoms with Crippen LogP contribution in [0.15, 0.2) is 41.3 Å². The second kappa shape index (κ2) is 6.93. The molecule has 0 radical (unpaired) electrons. The summed E-state index contributed by atoms with van der Waals surface area (Å²) >= 11 is 3.05. The lowest BCUT2D eigenvalue weighted by molar-refractivity contribution is 0.102. The van der Waals surface area contributed by atoms with Gasteiger partial charge in [0.2, 0.25) is 0 Å². The van der Waals surface area contributed by atoms with Crippen LogP contribution in [0.3, 0.4) is 0 Å². The standard InChI is InChI=1S/C19H18N4O2S3/c1-11-20-16-15(26-11)10-9-14-17(16)27-19(21-14)22-18(24)12-5-7-13(8-6-12)28(4,25)23(2)3/h5-10H,4H2,1-3H3,(H,21,22,24). The van der Waals surface area contributed by atoms with Crippen LogP contribution in [0, 0.1) is 6.92 Å². The van der Waals surface area contributed by atoms with Crippen molar-refractivity contribution < 1.29 is 9.00 Å². The summed E-state index contributed by atoms with van der Waals surface area (Å²) in [6, 6.07) is 10.6. The van der Waals surface area contributed by atoms with Gasteiger partial charge in [0.15, 0.2) is 5.13 Å². The second-order valence-electron chi connectivity index (χ2n) is 6.44. The van der Waals surface area contributed by atoms with Crippen molar-refractivity contribution in [3.05, 3.63) is 47.0 Å². The Bertz CT molecular complexity index is 1300. The van der Waals surface area contributed by atoms with Crippen LogP contribution in [-0.4, -0.2) is 44.4 Å². The number of anilines is 1. The number of aryl methyl sites for hydroxylation is 1. The highest BCUT2D eigenvalue weighted by atomic mass is 32.2. The van der Waals surface area contributed by atoms with Crippen molar-refractivity contribution in [3.8, 4) is 0 Å². The van der Waals surface area contributed by atoms with E-state index in [1.807, 2.05) is 19.1 Å². The molecule has 0 spiro atoms. The van der Waals surface area contributed by atoms with Gasteiger partial charge in [-0.1, -0.05) is 11.3 Å². The van der Waals surface area contributed by atoms with Crippen molar-refractivity contribution in [1.82, 2.24) is 14.3 Å². The number of carbonyl (C=O) groups excluding carboxylic acids is 1. The summed E-state index contributed by atoms with van der Waals surface area (Å²) in [4.78, 5) is 22.3. The van der Waals surface area contributed by atoms with E-state index in [1.54, 1.807) is 54.0 Å². The molecule has 28 heavy (non-hydrogen) atoms.